The molecule has 2 aromatic rings. The number of hydrogen-bond donors (Lipinski definition) is 1. The van der Waals surface area contributed by atoms with Crippen LogP contribution in [0.2, 0.25) is 0 Å². The number of rotatable bonds is 2. The van der Waals surface area contributed by atoms with Crippen molar-refractivity contribution in [3.8, 4) is 0 Å². The van der Waals surface area contributed by atoms with Crippen molar-refractivity contribution in [2.24, 2.45) is 0 Å². The van der Waals surface area contributed by atoms with Crippen LogP contribution >= 0.6 is 0 Å². The van der Waals surface area contributed by atoms with Crippen molar-refractivity contribution in [1.82, 2.24) is 4.98 Å². The second kappa shape index (κ2) is 4.96. The zero-order chi connectivity index (χ0) is 13.1. The maximum Gasteiger partial charge on any atom is 0.256 e. The van der Waals surface area contributed by atoms with Gasteiger partial charge in [-0.2, -0.15) is 0 Å². The Morgan fingerprint density at radius 3 is 2.61 bits per heavy atom. The van der Waals surface area contributed by atoms with Crippen molar-refractivity contribution >= 4 is 11.7 Å². The van der Waals surface area contributed by atoms with Gasteiger partial charge < -0.3 is 5.32 Å². The largest absolute Gasteiger partial charge is 0.307 e. The number of aromatic nitrogens is 1. The molecule has 18 heavy (non-hydrogen) atoms. The van der Waals surface area contributed by atoms with E-state index in [1.54, 1.807) is 19.2 Å². The van der Waals surface area contributed by atoms with Gasteiger partial charge in [-0.3, -0.25) is 4.79 Å². The molecule has 0 saturated carbocycles. The summed E-state index contributed by atoms with van der Waals surface area (Å²) in [5.74, 6) is -0.137. The van der Waals surface area contributed by atoms with E-state index in [2.05, 4.69) is 10.3 Å². The maximum atomic E-state index is 13.1. The first-order valence-electron chi connectivity index (χ1n) is 5.56. The lowest BCUT2D eigenvalue weighted by Crippen LogP contribution is -2.13. The Morgan fingerprint density at radius 1 is 1.22 bits per heavy atom. The zero-order valence-corrected chi connectivity index (χ0v) is 10.2. The summed E-state index contributed by atoms with van der Waals surface area (Å²) in [5.41, 5.74) is 1.88. The van der Waals surface area contributed by atoms with E-state index >= 15 is 0 Å². The smallest absolute Gasteiger partial charge is 0.256 e. The fourth-order valence-corrected chi connectivity index (χ4v) is 1.52. The van der Waals surface area contributed by atoms with Gasteiger partial charge >= 0.3 is 0 Å². The number of halogens is 1. The van der Waals surface area contributed by atoms with Crippen LogP contribution in [-0.2, 0) is 0 Å². The average Bonchev–Trinajstić information content (AvgIpc) is 2.35. The number of pyridine rings is 1. The van der Waals surface area contributed by atoms with Crippen LogP contribution in [0.1, 0.15) is 21.5 Å². The molecule has 0 fully saturated rings. The van der Waals surface area contributed by atoms with E-state index in [-0.39, 0.29) is 11.7 Å². The van der Waals surface area contributed by atoms with Crippen molar-refractivity contribution in [1.29, 1.82) is 0 Å². The van der Waals surface area contributed by atoms with Gasteiger partial charge in [0.15, 0.2) is 0 Å². The number of nitrogens with one attached hydrogen (secondary N) is 1. The minimum Gasteiger partial charge on any atom is -0.307 e. The molecular weight excluding hydrogens is 231 g/mol. The number of hydrogen-bond acceptors (Lipinski definition) is 2. The Morgan fingerprint density at radius 2 is 2.00 bits per heavy atom. The first kappa shape index (κ1) is 12.2. The number of benzene rings is 1. The molecule has 4 heteroatoms. The van der Waals surface area contributed by atoms with Gasteiger partial charge in [-0.1, -0.05) is 6.07 Å². The fraction of sp³-hybridized carbons (Fsp3) is 0.143. The number of carbonyl (C=O) groups excluding carboxylic acids is 1. The van der Waals surface area contributed by atoms with Gasteiger partial charge in [0.05, 0.1) is 0 Å². The van der Waals surface area contributed by atoms with Gasteiger partial charge in [-0.15, -0.1) is 0 Å². The quantitative estimate of drug-likeness (QED) is 0.882. The highest BCUT2D eigenvalue weighted by Crippen LogP contribution is 2.11. The molecule has 3 nitrogen and oxygen atoms in total. The minimum atomic E-state index is -0.319. The summed E-state index contributed by atoms with van der Waals surface area (Å²) in [6.45, 7) is 3.54. The second-order valence-corrected chi connectivity index (χ2v) is 4.14. The summed E-state index contributed by atoms with van der Waals surface area (Å²) in [6, 6.07) is 7.83. The molecule has 0 unspecified atom stereocenters. The second-order valence-electron chi connectivity index (χ2n) is 4.14. The van der Waals surface area contributed by atoms with E-state index in [1.807, 2.05) is 13.0 Å². The molecule has 0 bridgehead atoms. The molecule has 1 amide bonds. The third-order valence-corrected chi connectivity index (χ3v) is 2.57. The van der Waals surface area contributed by atoms with Crippen LogP contribution in [0.4, 0.5) is 10.2 Å². The van der Waals surface area contributed by atoms with E-state index in [0.29, 0.717) is 16.9 Å². The summed E-state index contributed by atoms with van der Waals surface area (Å²) in [7, 11) is 0. The van der Waals surface area contributed by atoms with Crippen molar-refractivity contribution in [3.05, 3.63) is 59.0 Å². The molecule has 0 atom stereocenters. The van der Waals surface area contributed by atoms with Crippen molar-refractivity contribution in [2.45, 2.75) is 13.8 Å². The van der Waals surface area contributed by atoms with Gasteiger partial charge in [-0.05, 0) is 49.2 Å². The van der Waals surface area contributed by atoms with Crippen LogP contribution in [0.25, 0.3) is 0 Å². The summed E-state index contributed by atoms with van der Waals surface area (Å²) < 4.78 is 13.1. The molecule has 0 aliphatic heterocycles. The van der Waals surface area contributed by atoms with E-state index in [0.717, 1.165) is 5.56 Å². The topological polar surface area (TPSA) is 42.0 Å². The Balaban J connectivity index is 2.16. The summed E-state index contributed by atoms with van der Waals surface area (Å²) in [5, 5.41) is 2.66. The first-order valence-corrected chi connectivity index (χ1v) is 5.56. The van der Waals surface area contributed by atoms with Crippen LogP contribution in [0.15, 0.2) is 36.5 Å². The number of carbonyl (C=O) groups is 1. The predicted molar refractivity (Wildman–Crippen MR) is 68.1 cm³/mol. The molecule has 1 heterocycles. The molecule has 1 N–H and O–H groups in total. The Hall–Kier alpha value is -2.23. The van der Waals surface area contributed by atoms with Gasteiger partial charge in [-0.25, -0.2) is 9.37 Å². The standard InChI is InChI=1S/C14H13FN2O/c1-9-3-6-13(16-8-9)17-14(18)11-4-5-12(15)10(2)7-11/h3-8H,1-2H3,(H,16,17,18). The predicted octanol–water partition coefficient (Wildman–Crippen LogP) is 3.09. The van der Waals surface area contributed by atoms with Crippen LogP contribution < -0.4 is 5.32 Å². The molecule has 0 aliphatic rings. The summed E-state index contributed by atoms with van der Waals surface area (Å²) >= 11 is 0. The van der Waals surface area contributed by atoms with Crippen molar-refractivity contribution < 1.29 is 9.18 Å². The van der Waals surface area contributed by atoms with Gasteiger partial charge in [0, 0.05) is 11.8 Å². The van der Waals surface area contributed by atoms with Gasteiger partial charge in [0.25, 0.3) is 5.91 Å². The van der Waals surface area contributed by atoms with Gasteiger partial charge in [0.1, 0.15) is 11.6 Å². The van der Waals surface area contributed by atoms with E-state index in [9.17, 15) is 9.18 Å². The molecular formula is C14H13FN2O. The molecule has 1 aromatic carbocycles. The molecule has 0 radical (unpaired) electrons. The van der Waals surface area contributed by atoms with Crippen molar-refractivity contribution in [2.75, 3.05) is 5.32 Å². The Kier molecular flexibility index (Phi) is 3.37. The highest BCUT2D eigenvalue weighted by atomic mass is 19.1. The number of nitrogens with zero attached hydrogens (tertiary/aromatic N) is 1. The molecule has 2 rings (SSSR count). The van der Waals surface area contributed by atoms with Crippen LogP contribution in [0.3, 0.4) is 0 Å². The third-order valence-electron chi connectivity index (χ3n) is 2.57. The Labute approximate surface area is 105 Å². The molecule has 0 spiro atoms. The first-order chi connectivity index (χ1) is 8.56. The lowest BCUT2D eigenvalue weighted by molar-refractivity contribution is 0.102. The normalized spacial score (nSPS) is 10.2. The highest BCUT2D eigenvalue weighted by Gasteiger charge is 2.08. The SMILES string of the molecule is Cc1ccc(NC(=O)c2ccc(F)c(C)c2)nc1. The molecule has 1 aromatic heterocycles. The lowest BCUT2D eigenvalue weighted by atomic mass is 10.1. The molecule has 0 saturated heterocycles. The maximum absolute atomic E-state index is 13.1. The average molecular weight is 244 g/mol. The van der Waals surface area contributed by atoms with Crippen LogP contribution in [0.5, 0.6) is 0 Å². The monoisotopic (exact) mass is 244 g/mol. The third kappa shape index (κ3) is 2.71. The Bertz CT molecular complexity index is 579. The van der Waals surface area contributed by atoms with Crippen molar-refractivity contribution in [3.63, 3.8) is 0 Å². The van der Waals surface area contributed by atoms with Gasteiger partial charge in [0.2, 0.25) is 0 Å². The molecule has 0 aliphatic carbocycles. The highest BCUT2D eigenvalue weighted by molar-refractivity contribution is 6.03. The number of anilines is 1. The zero-order valence-electron chi connectivity index (χ0n) is 10.2. The van der Waals surface area contributed by atoms with E-state index < -0.39 is 0 Å². The summed E-state index contributed by atoms with van der Waals surface area (Å²) in [4.78, 5) is 16.0. The lowest BCUT2D eigenvalue weighted by Gasteiger charge is -2.05. The van der Waals surface area contributed by atoms with E-state index in [1.165, 1.54) is 18.2 Å². The molecule has 92 valence electrons. The number of aryl methyl sites for hydroxylation is 2. The number of amides is 1. The minimum absolute atomic E-state index is 0.297. The fourth-order valence-electron chi connectivity index (χ4n) is 1.52. The summed E-state index contributed by atoms with van der Waals surface area (Å²) in [6.07, 6.45) is 1.67. The van der Waals surface area contributed by atoms with E-state index in [4.69, 9.17) is 0 Å². The van der Waals surface area contributed by atoms with Crippen LogP contribution in [0, 0.1) is 19.7 Å². The van der Waals surface area contributed by atoms with Crippen LogP contribution in [-0.4, -0.2) is 10.9 Å².